The minimum Gasteiger partial charge on any atom is -0.496 e. The summed E-state index contributed by atoms with van der Waals surface area (Å²) >= 11 is 13.0. The quantitative estimate of drug-likeness (QED) is 0.345. The van der Waals surface area contributed by atoms with Crippen molar-refractivity contribution in [2.24, 2.45) is 16.6 Å². The summed E-state index contributed by atoms with van der Waals surface area (Å²) in [7, 11) is 1.41. The molecular formula is C33H37Cl2FN4O5. The summed E-state index contributed by atoms with van der Waals surface area (Å²) in [5.41, 5.74) is 5.45. The molecule has 3 N–H and O–H groups in total. The van der Waals surface area contributed by atoms with Gasteiger partial charge in [-0.25, -0.2) is 4.39 Å². The van der Waals surface area contributed by atoms with E-state index in [-0.39, 0.29) is 51.2 Å². The second kappa shape index (κ2) is 11.3. The third kappa shape index (κ3) is 4.75. The molecule has 45 heavy (non-hydrogen) atoms. The number of aliphatic hydroxyl groups excluding tert-OH is 1. The van der Waals surface area contributed by atoms with E-state index in [2.05, 4.69) is 20.8 Å². The number of hydrogen-bond acceptors (Lipinski definition) is 6. The maximum absolute atomic E-state index is 16.2. The van der Waals surface area contributed by atoms with Gasteiger partial charge in [-0.1, -0.05) is 50.6 Å². The van der Waals surface area contributed by atoms with Crippen LogP contribution in [0.2, 0.25) is 5.02 Å². The van der Waals surface area contributed by atoms with Gasteiger partial charge in [0.2, 0.25) is 11.8 Å². The summed E-state index contributed by atoms with van der Waals surface area (Å²) in [5, 5.41) is 10.2. The first-order valence-electron chi connectivity index (χ1n) is 15.0. The van der Waals surface area contributed by atoms with Gasteiger partial charge in [0.15, 0.2) is 0 Å². The van der Waals surface area contributed by atoms with Gasteiger partial charge >= 0.3 is 0 Å². The van der Waals surface area contributed by atoms with Crippen LogP contribution in [0.3, 0.4) is 0 Å². The Labute approximate surface area is 271 Å². The molecule has 6 rings (SSSR count). The lowest BCUT2D eigenvalue weighted by atomic mass is 9.60. The zero-order chi connectivity index (χ0) is 32.6. The average Bonchev–Trinajstić information content (AvgIpc) is 3.54. The van der Waals surface area contributed by atoms with E-state index in [1.807, 2.05) is 11.0 Å². The van der Waals surface area contributed by atoms with Crippen LogP contribution in [0.5, 0.6) is 5.75 Å². The van der Waals surface area contributed by atoms with E-state index < -0.39 is 47.9 Å². The standard InChI is InChI=1S/C33H37Cl2FN4O5/c1-32(2,3)14-25-33(21-11-8-17(34)12-23(21)40(16-41)31(33)44)26(20-6-5-7-22(35)27(20)36)28-30(43)38(15-39(25)28)18-9-10-19(29(37)42)24(13-18)45-4/h5-7,9-11,13,17,23,25-26,28,41H,8,12,14-16H2,1-4H3,(H2,37,42)/t17?,23?,25-,26-,28+,33+/m0/s1. The fraction of sp³-hybridized carbons (Fsp3) is 0.485. The first-order valence-corrected chi connectivity index (χ1v) is 15.8. The average molecular weight is 660 g/mol. The molecule has 2 unspecified atom stereocenters. The number of allylic oxidation sites excluding steroid dienone is 1. The van der Waals surface area contributed by atoms with E-state index >= 15 is 4.39 Å². The molecule has 2 aromatic rings. The Morgan fingerprint density at radius 3 is 2.60 bits per heavy atom. The normalized spacial score (nSPS) is 29.8. The molecular weight excluding hydrogens is 622 g/mol. The third-order valence-electron chi connectivity index (χ3n) is 9.85. The third-order valence-corrected chi connectivity index (χ3v) is 10.5. The molecule has 1 spiro atoms. The van der Waals surface area contributed by atoms with Crippen molar-refractivity contribution >= 4 is 46.6 Å². The number of anilines is 1. The maximum atomic E-state index is 16.2. The summed E-state index contributed by atoms with van der Waals surface area (Å²) in [6.07, 6.45) is 3.41. The number of ether oxygens (including phenoxy) is 1. The SMILES string of the molecule is COc1cc(N2CN3[C@@H](CC(C)(C)C)[C@@]4(C(=O)N(CO)C5CC(Cl)CC=C54)[C@@H](c4cccc(Cl)c4F)[C@@H]3C2=O)ccc1C(N)=O. The highest BCUT2D eigenvalue weighted by Crippen LogP contribution is 2.65. The Bertz CT molecular complexity index is 1610. The molecule has 3 aliphatic heterocycles. The van der Waals surface area contributed by atoms with Crippen molar-refractivity contribution in [3.05, 3.63) is 70.0 Å². The number of amides is 3. The van der Waals surface area contributed by atoms with Crippen LogP contribution in [0.25, 0.3) is 0 Å². The molecule has 1 aliphatic carbocycles. The molecule has 2 aromatic carbocycles. The maximum Gasteiger partial charge on any atom is 0.252 e. The number of halogens is 3. The monoisotopic (exact) mass is 658 g/mol. The number of nitrogens with zero attached hydrogens (tertiary/aromatic N) is 3. The lowest BCUT2D eigenvalue weighted by Crippen LogP contribution is -2.50. The highest BCUT2D eigenvalue weighted by molar-refractivity contribution is 6.30. The molecule has 12 heteroatoms. The van der Waals surface area contributed by atoms with E-state index in [1.165, 1.54) is 24.1 Å². The fourth-order valence-corrected chi connectivity index (χ4v) is 8.61. The van der Waals surface area contributed by atoms with Crippen LogP contribution in [0.15, 0.2) is 48.0 Å². The molecule has 3 fully saturated rings. The molecule has 9 nitrogen and oxygen atoms in total. The highest BCUT2D eigenvalue weighted by Gasteiger charge is 2.74. The Balaban J connectivity index is 1.59. The number of rotatable bonds is 6. The summed E-state index contributed by atoms with van der Waals surface area (Å²) in [5.74, 6) is -2.77. The zero-order valence-corrected chi connectivity index (χ0v) is 27.1. The van der Waals surface area contributed by atoms with Crippen molar-refractivity contribution in [1.82, 2.24) is 9.80 Å². The van der Waals surface area contributed by atoms with E-state index in [0.717, 1.165) is 5.57 Å². The molecule has 3 amide bonds. The van der Waals surface area contributed by atoms with Gasteiger partial charge in [0.05, 0.1) is 41.9 Å². The van der Waals surface area contributed by atoms with E-state index in [4.69, 9.17) is 33.7 Å². The zero-order valence-electron chi connectivity index (χ0n) is 25.6. The minimum atomic E-state index is -1.36. The van der Waals surface area contributed by atoms with Gasteiger partial charge in [0.1, 0.15) is 18.3 Å². The first kappa shape index (κ1) is 31.8. The molecule has 4 aliphatic rings. The van der Waals surface area contributed by atoms with Crippen molar-refractivity contribution in [1.29, 1.82) is 0 Å². The van der Waals surface area contributed by atoms with Crippen molar-refractivity contribution in [2.75, 3.05) is 25.4 Å². The number of alkyl halides is 1. The number of likely N-dealkylation sites (tertiary alicyclic amines) is 1. The topological polar surface area (TPSA) is 116 Å². The largest absolute Gasteiger partial charge is 0.496 e. The summed E-state index contributed by atoms with van der Waals surface area (Å²) in [6.45, 7) is 5.77. The molecule has 3 heterocycles. The van der Waals surface area contributed by atoms with Crippen molar-refractivity contribution in [2.45, 2.75) is 69.5 Å². The van der Waals surface area contributed by atoms with Gasteiger partial charge in [-0.2, -0.15) is 0 Å². The molecule has 0 bridgehead atoms. The van der Waals surface area contributed by atoms with Crippen LogP contribution in [0.1, 0.15) is 61.9 Å². The Morgan fingerprint density at radius 2 is 1.96 bits per heavy atom. The van der Waals surface area contributed by atoms with Crippen LogP contribution >= 0.6 is 23.2 Å². The fourth-order valence-electron chi connectivity index (χ4n) is 8.17. The number of fused-ring (bicyclic) bond motifs is 3. The van der Waals surface area contributed by atoms with Crippen LogP contribution in [-0.4, -0.2) is 76.6 Å². The number of aliphatic hydroxyl groups is 1. The van der Waals surface area contributed by atoms with Crippen LogP contribution < -0.4 is 15.4 Å². The smallest absolute Gasteiger partial charge is 0.252 e. The predicted molar refractivity (Wildman–Crippen MR) is 169 cm³/mol. The minimum absolute atomic E-state index is 0.103. The number of benzene rings is 2. The number of hydrogen-bond donors (Lipinski definition) is 2. The summed E-state index contributed by atoms with van der Waals surface area (Å²) in [4.78, 5) is 46.6. The molecule has 0 saturated carbocycles. The Hall–Kier alpha value is -3.18. The predicted octanol–water partition coefficient (Wildman–Crippen LogP) is 4.64. The van der Waals surface area contributed by atoms with Crippen LogP contribution in [0, 0.1) is 16.6 Å². The van der Waals surface area contributed by atoms with E-state index in [0.29, 0.717) is 24.9 Å². The molecule has 240 valence electrons. The lowest BCUT2D eigenvalue weighted by Gasteiger charge is -2.42. The Kier molecular flexibility index (Phi) is 7.95. The highest BCUT2D eigenvalue weighted by atomic mass is 35.5. The van der Waals surface area contributed by atoms with E-state index in [1.54, 1.807) is 29.2 Å². The van der Waals surface area contributed by atoms with Gasteiger partial charge in [-0.05, 0) is 54.0 Å². The number of nitrogens with two attached hydrogens (primary N) is 1. The number of carbonyl (C=O) groups excluding carboxylic acids is 3. The van der Waals surface area contributed by atoms with Crippen molar-refractivity contribution in [3.8, 4) is 5.75 Å². The molecule has 0 aromatic heterocycles. The lowest BCUT2D eigenvalue weighted by molar-refractivity contribution is -0.141. The Morgan fingerprint density at radius 1 is 1.22 bits per heavy atom. The summed E-state index contributed by atoms with van der Waals surface area (Å²) < 4.78 is 21.6. The van der Waals surface area contributed by atoms with Crippen molar-refractivity contribution < 1.29 is 28.6 Å². The van der Waals surface area contributed by atoms with Crippen molar-refractivity contribution in [3.63, 3.8) is 0 Å². The first-order chi connectivity index (χ1) is 21.3. The van der Waals surface area contributed by atoms with Crippen LogP contribution in [-0.2, 0) is 9.59 Å². The second-order valence-electron chi connectivity index (χ2n) is 13.5. The van der Waals surface area contributed by atoms with Gasteiger partial charge in [0, 0.05) is 29.1 Å². The summed E-state index contributed by atoms with van der Waals surface area (Å²) in [6, 6.07) is 7.42. The number of carbonyl (C=O) groups is 3. The van der Waals surface area contributed by atoms with Gasteiger partial charge in [-0.15, -0.1) is 11.6 Å². The molecule has 3 saturated heterocycles. The second-order valence-corrected chi connectivity index (χ2v) is 14.6. The van der Waals surface area contributed by atoms with Gasteiger partial charge < -0.3 is 20.5 Å². The molecule has 0 radical (unpaired) electrons. The number of primary amides is 1. The van der Waals surface area contributed by atoms with E-state index in [9.17, 15) is 19.5 Å². The number of methoxy groups -OCH3 is 1. The van der Waals surface area contributed by atoms with Gasteiger partial charge in [0.25, 0.3) is 5.91 Å². The van der Waals surface area contributed by atoms with Crippen LogP contribution in [0.4, 0.5) is 10.1 Å². The molecule has 6 atom stereocenters. The van der Waals surface area contributed by atoms with Gasteiger partial charge in [-0.3, -0.25) is 24.2 Å².